The van der Waals surface area contributed by atoms with E-state index in [0.29, 0.717) is 22.0 Å². The van der Waals surface area contributed by atoms with E-state index in [0.717, 1.165) is 5.56 Å². The largest absolute Gasteiger partial charge is 0.495 e. The van der Waals surface area contributed by atoms with Crippen molar-refractivity contribution < 1.29 is 9.53 Å². The second kappa shape index (κ2) is 5.76. The third kappa shape index (κ3) is 2.88. The number of methoxy groups -OCH3 is 1. The molecule has 0 fully saturated rings. The molecule has 0 bridgehead atoms. The van der Waals surface area contributed by atoms with Crippen molar-refractivity contribution in [2.75, 3.05) is 12.4 Å². The second-order valence-corrected chi connectivity index (χ2v) is 4.49. The highest BCUT2D eigenvalue weighted by atomic mass is 35.5. The van der Waals surface area contributed by atoms with Gasteiger partial charge in [0.15, 0.2) is 0 Å². The van der Waals surface area contributed by atoms with Gasteiger partial charge < -0.3 is 10.1 Å². The van der Waals surface area contributed by atoms with Gasteiger partial charge in [-0.15, -0.1) is 0 Å². The predicted octanol–water partition coefficient (Wildman–Crippen LogP) is 3.91. The maximum absolute atomic E-state index is 12.3. The number of nitrogens with one attached hydrogen (secondary N) is 1. The van der Waals surface area contributed by atoms with Gasteiger partial charge in [0.2, 0.25) is 0 Å². The van der Waals surface area contributed by atoms with E-state index in [2.05, 4.69) is 5.32 Å². The fourth-order valence-corrected chi connectivity index (χ4v) is 2.16. The van der Waals surface area contributed by atoms with Crippen LogP contribution in [0.5, 0.6) is 5.75 Å². The minimum Gasteiger partial charge on any atom is -0.495 e. The molecule has 1 N–H and O–H groups in total. The molecular weight excluding hydrogens is 262 g/mol. The van der Waals surface area contributed by atoms with Crippen LogP contribution in [0.4, 0.5) is 5.69 Å². The molecule has 0 radical (unpaired) electrons. The van der Waals surface area contributed by atoms with Crippen LogP contribution < -0.4 is 10.1 Å². The Bertz CT molecular complexity index is 591. The highest BCUT2D eigenvalue weighted by Crippen LogP contribution is 2.26. The summed E-state index contributed by atoms with van der Waals surface area (Å²) in [5.74, 6) is 0.369. The van der Waals surface area contributed by atoms with Gasteiger partial charge in [-0.2, -0.15) is 0 Å². The number of carbonyl (C=O) groups is 1. The first kappa shape index (κ1) is 13.4. The average Bonchev–Trinajstić information content (AvgIpc) is 2.39. The number of aryl methyl sites for hydroxylation is 1. The summed E-state index contributed by atoms with van der Waals surface area (Å²) in [5.41, 5.74) is 1.93. The first-order chi connectivity index (χ1) is 9.13. The maximum atomic E-state index is 12.3. The monoisotopic (exact) mass is 275 g/mol. The van der Waals surface area contributed by atoms with Crippen LogP contribution in [0.2, 0.25) is 5.02 Å². The molecule has 0 spiro atoms. The Labute approximate surface area is 117 Å². The van der Waals surface area contributed by atoms with E-state index in [1.54, 1.807) is 25.3 Å². The summed E-state index contributed by atoms with van der Waals surface area (Å²) in [7, 11) is 1.56. The zero-order valence-electron chi connectivity index (χ0n) is 10.7. The third-order valence-electron chi connectivity index (χ3n) is 2.80. The lowest BCUT2D eigenvalue weighted by Crippen LogP contribution is -2.14. The van der Waals surface area contributed by atoms with E-state index < -0.39 is 0 Å². The van der Waals surface area contributed by atoms with Crippen LogP contribution in [0.25, 0.3) is 0 Å². The highest BCUT2D eigenvalue weighted by Gasteiger charge is 2.14. The van der Waals surface area contributed by atoms with Gasteiger partial charge in [-0.05, 0) is 30.7 Å². The summed E-state index contributed by atoms with van der Waals surface area (Å²) in [4.78, 5) is 12.3. The molecule has 0 saturated carbocycles. The lowest BCUT2D eigenvalue weighted by Gasteiger charge is -2.12. The number of rotatable bonds is 3. The predicted molar refractivity (Wildman–Crippen MR) is 77.1 cm³/mol. The van der Waals surface area contributed by atoms with E-state index in [1.807, 2.05) is 31.2 Å². The van der Waals surface area contributed by atoms with Crippen LogP contribution in [-0.2, 0) is 0 Å². The van der Waals surface area contributed by atoms with E-state index in [9.17, 15) is 4.79 Å². The number of anilines is 1. The summed E-state index contributed by atoms with van der Waals surface area (Å²) in [6.07, 6.45) is 0. The van der Waals surface area contributed by atoms with Gasteiger partial charge in [0.25, 0.3) is 5.91 Å². The minimum absolute atomic E-state index is 0.243. The number of halogens is 1. The molecule has 0 saturated heterocycles. The van der Waals surface area contributed by atoms with Crippen molar-refractivity contribution in [2.24, 2.45) is 0 Å². The summed E-state index contributed by atoms with van der Waals surface area (Å²) in [6, 6.07) is 12.6. The minimum atomic E-state index is -0.243. The van der Waals surface area contributed by atoms with Gasteiger partial charge in [-0.25, -0.2) is 0 Å². The molecular formula is C15H14ClNO2. The van der Waals surface area contributed by atoms with Crippen LogP contribution in [0, 0.1) is 6.92 Å². The van der Waals surface area contributed by atoms with Gasteiger partial charge in [0.05, 0.1) is 23.4 Å². The summed E-state index contributed by atoms with van der Waals surface area (Å²) >= 11 is 6.07. The first-order valence-electron chi connectivity index (χ1n) is 5.83. The quantitative estimate of drug-likeness (QED) is 0.922. The van der Waals surface area contributed by atoms with Gasteiger partial charge in [0.1, 0.15) is 5.75 Å². The number of para-hydroxylation sites is 2. The average molecular weight is 276 g/mol. The van der Waals surface area contributed by atoms with E-state index in [1.165, 1.54) is 0 Å². The summed E-state index contributed by atoms with van der Waals surface area (Å²) in [5, 5.41) is 3.25. The normalized spacial score (nSPS) is 10.1. The fraction of sp³-hybridized carbons (Fsp3) is 0.133. The lowest BCUT2D eigenvalue weighted by molar-refractivity contribution is 0.102. The summed E-state index contributed by atoms with van der Waals surface area (Å²) < 4.78 is 5.19. The van der Waals surface area contributed by atoms with Gasteiger partial charge >= 0.3 is 0 Å². The molecule has 2 aromatic carbocycles. The van der Waals surface area contributed by atoms with Crippen molar-refractivity contribution in [1.82, 2.24) is 0 Å². The molecule has 0 aromatic heterocycles. The second-order valence-electron chi connectivity index (χ2n) is 4.09. The standard InChI is InChI=1S/C15H14ClNO2/c1-10-6-5-7-11(16)14(10)15(18)17-12-8-3-4-9-13(12)19-2/h3-9H,1-2H3,(H,17,18). The highest BCUT2D eigenvalue weighted by molar-refractivity contribution is 6.34. The molecule has 2 rings (SSSR count). The lowest BCUT2D eigenvalue weighted by atomic mass is 10.1. The molecule has 3 nitrogen and oxygen atoms in total. The fourth-order valence-electron chi connectivity index (χ4n) is 1.85. The Hall–Kier alpha value is -2.00. The molecule has 0 aliphatic rings. The van der Waals surface area contributed by atoms with E-state index in [-0.39, 0.29) is 5.91 Å². The topological polar surface area (TPSA) is 38.3 Å². The number of hydrogen-bond acceptors (Lipinski definition) is 2. The number of ether oxygens (including phenoxy) is 1. The summed E-state index contributed by atoms with van der Waals surface area (Å²) in [6.45, 7) is 1.85. The number of amides is 1. The van der Waals surface area contributed by atoms with Crippen molar-refractivity contribution in [1.29, 1.82) is 0 Å². The first-order valence-corrected chi connectivity index (χ1v) is 6.20. The Morgan fingerprint density at radius 2 is 1.89 bits per heavy atom. The Morgan fingerprint density at radius 1 is 1.16 bits per heavy atom. The number of benzene rings is 2. The molecule has 0 aliphatic carbocycles. The van der Waals surface area contributed by atoms with Crippen molar-refractivity contribution in [2.45, 2.75) is 6.92 Å². The molecule has 0 heterocycles. The third-order valence-corrected chi connectivity index (χ3v) is 3.12. The zero-order valence-corrected chi connectivity index (χ0v) is 11.5. The van der Waals surface area contributed by atoms with Crippen molar-refractivity contribution >= 4 is 23.2 Å². The van der Waals surface area contributed by atoms with Crippen LogP contribution >= 0.6 is 11.6 Å². The van der Waals surface area contributed by atoms with Gasteiger partial charge in [-0.1, -0.05) is 35.9 Å². The number of hydrogen-bond donors (Lipinski definition) is 1. The SMILES string of the molecule is COc1ccccc1NC(=O)c1c(C)cccc1Cl. The number of carbonyl (C=O) groups excluding carboxylic acids is 1. The Morgan fingerprint density at radius 3 is 2.58 bits per heavy atom. The molecule has 0 aliphatic heterocycles. The van der Waals surface area contributed by atoms with Crippen molar-refractivity contribution in [3.8, 4) is 5.75 Å². The van der Waals surface area contributed by atoms with Crippen molar-refractivity contribution in [3.05, 3.63) is 58.6 Å². The Kier molecular flexibility index (Phi) is 4.07. The van der Waals surface area contributed by atoms with Crippen LogP contribution in [-0.4, -0.2) is 13.0 Å². The molecule has 1 amide bonds. The van der Waals surface area contributed by atoms with Crippen LogP contribution in [0.1, 0.15) is 15.9 Å². The molecule has 0 atom stereocenters. The maximum Gasteiger partial charge on any atom is 0.257 e. The molecule has 0 unspecified atom stereocenters. The van der Waals surface area contributed by atoms with E-state index >= 15 is 0 Å². The molecule has 2 aromatic rings. The zero-order chi connectivity index (χ0) is 13.8. The molecule has 19 heavy (non-hydrogen) atoms. The smallest absolute Gasteiger partial charge is 0.257 e. The van der Waals surface area contributed by atoms with Crippen LogP contribution in [0.15, 0.2) is 42.5 Å². The van der Waals surface area contributed by atoms with E-state index in [4.69, 9.17) is 16.3 Å². The molecule has 4 heteroatoms. The van der Waals surface area contributed by atoms with Crippen molar-refractivity contribution in [3.63, 3.8) is 0 Å². The Balaban J connectivity index is 2.31. The molecule has 98 valence electrons. The van der Waals surface area contributed by atoms with Gasteiger partial charge in [-0.3, -0.25) is 4.79 Å². The van der Waals surface area contributed by atoms with Crippen LogP contribution in [0.3, 0.4) is 0 Å². The van der Waals surface area contributed by atoms with Gasteiger partial charge in [0, 0.05) is 0 Å².